The highest BCUT2D eigenvalue weighted by Crippen LogP contribution is 2.25. The van der Waals surface area contributed by atoms with Crippen molar-refractivity contribution in [2.45, 2.75) is 0 Å². The molecule has 29 heavy (non-hydrogen) atoms. The number of amides is 1. The van der Waals surface area contributed by atoms with Gasteiger partial charge in [-0.1, -0.05) is 53.5 Å². The van der Waals surface area contributed by atoms with Crippen molar-refractivity contribution in [3.8, 4) is 11.4 Å². The van der Waals surface area contributed by atoms with E-state index in [9.17, 15) is 4.79 Å². The van der Waals surface area contributed by atoms with E-state index < -0.39 is 5.91 Å². The molecule has 7 nitrogen and oxygen atoms in total. The van der Waals surface area contributed by atoms with Gasteiger partial charge in [0.1, 0.15) is 11.5 Å². The van der Waals surface area contributed by atoms with Gasteiger partial charge in [0.25, 0.3) is 5.91 Å². The molecular formula is C20H13Cl2N5O2. The number of nitrogens with zero attached hydrogens (tertiary/aromatic N) is 4. The molecule has 0 aliphatic heterocycles. The Morgan fingerprint density at radius 3 is 2.48 bits per heavy atom. The Kier molecular flexibility index (Phi) is 5.41. The zero-order valence-corrected chi connectivity index (χ0v) is 16.3. The average molecular weight is 426 g/mol. The number of anilines is 1. The van der Waals surface area contributed by atoms with Crippen LogP contribution < -0.4 is 5.32 Å². The predicted octanol–water partition coefficient (Wildman–Crippen LogP) is 4.88. The summed E-state index contributed by atoms with van der Waals surface area (Å²) in [5.74, 6) is 0.403. The van der Waals surface area contributed by atoms with Crippen molar-refractivity contribution < 1.29 is 9.21 Å². The minimum Gasteiger partial charge on any atom is -0.465 e. The average Bonchev–Trinajstić information content (AvgIpc) is 3.38. The predicted molar refractivity (Wildman–Crippen MR) is 111 cm³/mol. The van der Waals surface area contributed by atoms with Crippen LogP contribution in [-0.4, -0.2) is 26.1 Å². The van der Waals surface area contributed by atoms with Crippen molar-refractivity contribution in [1.29, 1.82) is 0 Å². The monoisotopic (exact) mass is 425 g/mol. The zero-order valence-electron chi connectivity index (χ0n) is 14.8. The minimum absolute atomic E-state index is 0.153. The van der Waals surface area contributed by atoms with Crippen molar-refractivity contribution >= 4 is 46.6 Å². The number of benzene rings is 2. The molecule has 0 fully saturated rings. The lowest BCUT2D eigenvalue weighted by Crippen LogP contribution is -2.19. The third-order valence-corrected chi connectivity index (χ3v) is 4.34. The number of rotatable bonds is 5. The van der Waals surface area contributed by atoms with E-state index >= 15 is 0 Å². The first kappa shape index (κ1) is 18.9. The zero-order chi connectivity index (χ0) is 20.2. The van der Waals surface area contributed by atoms with Crippen LogP contribution in [0.5, 0.6) is 0 Å². The van der Waals surface area contributed by atoms with E-state index in [4.69, 9.17) is 27.6 Å². The molecule has 144 valence electrons. The Morgan fingerprint density at radius 1 is 1.03 bits per heavy atom. The van der Waals surface area contributed by atoms with Crippen molar-refractivity contribution in [3.63, 3.8) is 0 Å². The van der Waals surface area contributed by atoms with Gasteiger partial charge in [0, 0.05) is 27.4 Å². The van der Waals surface area contributed by atoms with Crippen LogP contribution in [-0.2, 0) is 4.79 Å². The first-order chi connectivity index (χ1) is 14.1. The number of halogens is 2. The van der Waals surface area contributed by atoms with Gasteiger partial charge in [-0.2, -0.15) is 4.68 Å². The van der Waals surface area contributed by atoms with Crippen LogP contribution in [0.15, 0.2) is 71.3 Å². The Labute approximate surface area is 175 Å². The summed E-state index contributed by atoms with van der Waals surface area (Å²) in [6.45, 7) is 0. The fourth-order valence-electron chi connectivity index (χ4n) is 2.67. The molecule has 4 rings (SSSR count). The van der Waals surface area contributed by atoms with E-state index in [1.807, 2.05) is 30.3 Å². The van der Waals surface area contributed by atoms with Crippen LogP contribution in [0.25, 0.3) is 23.2 Å². The second-order valence-corrected chi connectivity index (χ2v) is 6.81. The normalized spacial score (nSPS) is 11.4. The second kappa shape index (κ2) is 8.30. The van der Waals surface area contributed by atoms with Crippen molar-refractivity contribution in [2.75, 3.05) is 5.32 Å². The van der Waals surface area contributed by atoms with Gasteiger partial charge < -0.3 is 9.73 Å². The number of carbonyl (C=O) groups excluding carboxylic acids is 1. The quantitative estimate of drug-likeness (QED) is 0.460. The number of nitrogens with one attached hydrogen (secondary N) is 1. The van der Waals surface area contributed by atoms with Crippen LogP contribution in [0.4, 0.5) is 5.69 Å². The molecule has 0 radical (unpaired) electrons. The van der Waals surface area contributed by atoms with Gasteiger partial charge in [-0.05, 0) is 40.8 Å². The Morgan fingerprint density at radius 2 is 1.79 bits per heavy atom. The fourth-order valence-corrected chi connectivity index (χ4v) is 3.19. The van der Waals surface area contributed by atoms with Crippen LogP contribution >= 0.6 is 23.2 Å². The van der Waals surface area contributed by atoms with Gasteiger partial charge in [-0.3, -0.25) is 4.79 Å². The molecule has 0 bridgehead atoms. The molecule has 0 atom stereocenters. The molecule has 0 aliphatic carbocycles. The first-order valence-electron chi connectivity index (χ1n) is 8.47. The maximum atomic E-state index is 13.1. The molecule has 0 saturated heterocycles. The lowest BCUT2D eigenvalue weighted by Gasteiger charge is -2.11. The summed E-state index contributed by atoms with van der Waals surface area (Å²) in [5, 5.41) is 15.4. The van der Waals surface area contributed by atoms with Gasteiger partial charge in [0.05, 0.1) is 6.26 Å². The second-order valence-electron chi connectivity index (χ2n) is 5.94. The third kappa shape index (κ3) is 4.37. The number of hydrogen-bond donors (Lipinski definition) is 1. The van der Waals surface area contributed by atoms with Crippen LogP contribution in [0.1, 0.15) is 5.76 Å². The highest BCUT2D eigenvalue weighted by molar-refractivity contribution is 6.35. The molecule has 9 heteroatoms. The number of furan rings is 1. The molecule has 0 spiro atoms. The largest absolute Gasteiger partial charge is 0.465 e. The van der Waals surface area contributed by atoms with Crippen LogP contribution in [0.2, 0.25) is 10.0 Å². The molecule has 0 unspecified atom stereocenters. The summed E-state index contributed by atoms with van der Waals surface area (Å²) in [6.07, 6.45) is 3.06. The molecular weight excluding hydrogens is 413 g/mol. The van der Waals surface area contributed by atoms with E-state index in [1.54, 1.807) is 36.4 Å². The van der Waals surface area contributed by atoms with E-state index in [0.717, 1.165) is 5.56 Å². The SMILES string of the molecule is O=C(Nc1cc(Cl)cc(Cl)c1)C(=Cc1ccco1)n1nnnc1-c1ccccc1. The molecule has 2 heterocycles. The lowest BCUT2D eigenvalue weighted by molar-refractivity contribution is -0.111. The highest BCUT2D eigenvalue weighted by atomic mass is 35.5. The maximum Gasteiger partial charge on any atom is 0.274 e. The number of tetrazole rings is 1. The number of carbonyl (C=O) groups is 1. The number of hydrogen-bond acceptors (Lipinski definition) is 5. The summed E-state index contributed by atoms with van der Waals surface area (Å²) in [4.78, 5) is 13.1. The van der Waals surface area contributed by atoms with Gasteiger partial charge >= 0.3 is 0 Å². The maximum absolute atomic E-state index is 13.1. The Balaban J connectivity index is 1.76. The Bertz CT molecular complexity index is 1150. The van der Waals surface area contributed by atoms with Gasteiger partial charge in [-0.15, -0.1) is 5.10 Å². The van der Waals surface area contributed by atoms with Gasteiger partial charge in [0.2, 0.25) is 0 Å². The summed E-state index contributed by atoms with van der Waals surface area (Å²) < 4.78 is 6.71. The van der Waals surface area contributed by atoms with E-state index in [-0.39, 0.29) is 5.70 Å². The van der Waals surface area contributed by atoms with Crippen molar-refractivity contribution in [2.24, 2.45) is 0 Å². The summed E-state index contributed by atoms with van der Waals surface area (Å²) >= 11 is 12.1. The van der Waals surface area contributed by atoms with E-state index in [2.05, 4.69) is 20.8 Å². The van der Waals surface area contributed by atoms with Crippen molar-refractivity contribution in [1.82, 2.24) is 20.2 Å². The fraction of sp³-hybridized carbons (Fsp3) is 0. The smallest absolute Gasteiger partial charge is 0.274 e. The van der Waals surface area contributed by atoms with Gasteiger partial charge in [-0.25, -0.2) is 0 Å². The molecule has 0 saturated carbocycles. The highest BCUT2D eigenvalue weighted by Gasteiger charge is 2.20. The molecule has 4 aromatic rings. The van der Waals surface area contributed by atoms with Crippen LogP contribution in [0, 0.1) is 0 Å². The van der Waals surface area contributed by atoms with E-state index in [1.165, 1.54) is 10.9 Å². The molecule has 1 N–H and O–H groups in total. The minimum atomic E-state index is -0.468. The molecule has 0 aliphatic rings. The standard InChI is InChI=1S/C20H13Cl2N5O2/c21-14-9-15(22)11-16(10-14)23-20(28)18(12-17-7-4-8-29-17)27-19(24-25-26-27)13-5-2-1-3-6-13/h1-12H,(H,23,28). The summed E-state index contributed by atoms with van der Waals surface area (Å²) in [7, 11) is 0. The van der Waals surface area contributed by atoms with Crippen LogP contribution in [0.3, 0.4) is 0 Å². The van der Waals surface area contributed by atoms with Crippen molar-refractivity contribution in [3.05, 3.63) is 82.7 Å². The molecule has 1 amide bonds. The van der Waals surface area contributed by atoms with E-state index in [0.29, 0.717) is 27.3 Å². The topological polar surface area (TPSA) is 85.8 Å². The summed E-state index contributed by atoms with van der Waals surface area (Å²) in [6, 6.07) is 17.5. The molecule has 2 aromatic carbocycles. The first-order valence-corrected chi connectivity index (χ1v) is 9.22. The Hall–Kier alpha value is -3.42. The summed E-state index contributed by atoms with van der Waals surface area (Å²) in [5.41, 5.74) is 1.34. The third-order valence-electron chi connectivity index (χ3n) is 3.90. The van der Waals surface area contributed by atoms with Gasteiger partial charge in [0.15, 0.2) is 5.82 Å². The molecule has 2 aromatic heterocycles. The lowest BCUT2D eigenvalue weighted by atomic mass is 10.2. The number of aromatic nitrogens is 4.